The van der Waals surface area contributed by atoms with E-state index in [2.05, 4.69) is 21.2 Å². The van der Waals surface area contributed by atoms with E-state index in [0.717, 1.165) is 43.0 Å². The van der Waals surface area contributed by atoms with Crippen molar-refractivity contribution in [3.63, 3.8) is 0 Å². The number of nitrogens with one attached hydrogen (secondary N) is 1. The van der Waals surface area contributed by atoms with Gasteiger partial charge in [-0.05, 0) is 65.5 Å². The Labute approximate surface area is 126 Å². The van der Waals surface area contributed by atoms with E-state index in [1.165, 1.54) is 0 Å². The Kier molecular flexibility index (Phi) is 3.83. The summed E-state index contributed by atoms with van der Waals surface area (Å²) in [7, 11) is 0. The number of rotatable bonds is 1. The molecule has 2 atom stereocenters. The molecule has 1 N–H and O–H groups in total. The van der Waals surface area contributed by atoms with E-state index in [9.17, 15) is 4.79 Å². The third-order valence-corrected chi connectivity index (χ3v) is 5.04. The number of halogens is 2. The minimum atomic E-state index is 0.105. The minimum Gasteiger partial charge on any atom is -0.338 e. The lowest BCUT2D eigenvalue weighted by molar-refractivity contribution is 0.0641. The zero-order valence-electron chi connectivity index (χ0n) is 10.5. The van der Waals surface area contributed by atoms with Crippen LogP contribution < -0.4 is 5.32 Å². The SMILES string of the molecule is O=C(c1ccc(Cl)cc1Br)N1CCC2CNCC2C1. The van der Waals surface area contributed by atoms with Crippen LogP contribution in [0.5, 0.6) is 0 Å². The standard InChI is InChI=1S/C14H16BrClN2O/c15-13-5-11(16)1-2-12(13)14(19)18-4-3-9-6-17-7-10(9)8-18/h1-2,5,9-10,17H,3-4,6-8H2. The molecule has 2 unspecified atom stereocenters. The molecule has 0 radical (unpaired) electrons. The van der Waals surface area contributed by atoms with Crippen molar-refractivity contribution in [2.45, 2.75) is 6.42 Å². The van der Waals surface area contributed by atoms with Gasteiger partial charge in [0.2, 0.25) is 0 Å². The van der Waals surface area contributed by atoms with Crippen molar-refractivity contribution in [3.05, 3.63) is 33.3 Å². The highest BCUT2D eigenvalue weighted by Gasteiger charge is 2.34. The molecule has 0 saturated carbocycles. The molecule has 1 aromatic rings. The van der Waals surface area contributed by atoms with E-state index in [1.54, 1.807) is 18.2 Å². The van der Waals surface area contributed by atoms with Crippen molar-refractivity contribution < 1.29 is 4.79 Å². The molecule has 2 heterocycles. The molecule has 2 aliphatic rings. The largest absolute Gasteiger partial charge is 0.338 e. The smallest absolute Gasteiger partial charge is 0.255 e. The Morgan fingerprint density at radius 3 is 2.95 bits per heavy atom. The van der Waals surface area contributed by atoms with Crippen molar-refractivity contribution in [3.8, 4) is 0 Å². The summed E-state index contributed by atoms with van der Waals surface area (Å²) in [6.45, 7) is 3.87. The lowest BCUT2D eigenvalue weighted by Crippen LogP contribution is -2.43. The zero-order chi connectivity index (χ0) is 13.4. The topological polar surface area (TPSA) is 32.3 Å². The molecule has 102 valence electrons. The molecule has 0 bridgehead atoms. The van der Waals surface area contributed by atoms with E-state index >= 15 is 0 Å². The number of fused-ring (bicyclic) bond motifs is 1. The minimum absolute atomic E-state index is 0.105. The fourth-order valence-corrected chi connectivity index (χ4v) is 3.90. The summed E-state index contributed by atoms with van der Waals surface area (Å²) in [5, 5.41) is 4.06. The number of benzene rings is 1. The quantitative estimate of drug-likeness (QED) is 0.850. The molecule has 1 amide bonds. The van der Waals surface area contributed by atoms with E-state index in [-0.39, 0.29) is 5.91 Å². The first-order valence-electron chi connectivity index (χ1n) is 6.60. The predicted octanol–water partition coefficient (Wildman–Crippen LogP) is 2.78. The Hall–Kier alpha value is -0.580. The van der Waals surface area contributed by atoms with Crippen molar-refractivity contribution in [1.29, 1.82) is 0 Å². The van der Waals surface area contributed by atoms with Gasteiger partial charge in [-0.2, -0.15) is 0 Å². The summed E-state index contributed by atoms with van der Waals surface area (Å²) in [5.74, 6) is 1.47. The summed E-state index contributed by atoms with van der Waals surface area (Å²) in [4.78, 5) is 14.5. The summed E-state index contributed by atoms with van der Waals surface area (Å²) in [6.07, 6.45) is 1.11. The van der Waals surface area contributed by atoms with Gasteiger partial charge in [0, 0.05) is 22.6 Å². The van der Waals surface area contributed by atoms with Gasteiger partial charge < -0.3 is 10.2 Å². The van der Waals surface area contributed by atoms with Crippen LogP contribution in [0.3, 0.4) is 0 Å². The van der Waals surface area contributed by atoms with Crippen molar-refractivity contribution in [2.24, 2.45) is 11.8 Å². The number of amides is 1. The molecule has 0 aliphatic carbocycles. The number of carbonyl (C=O) groups is 1. The Balaban J connectivity index is 1.76. The maximum absolute atomic E-state index is 12.6. The van der Waals surface area contributed by atoms with Crippen molar-refractivity contribution >= 4 is 33.4 Å². The van der Waals surface area contributed by atoms with Crippen LogP contribution in [0.1, 0.15) is 16.8 Å². The number of carbonyl (C=O) groups excluding carboxylic acids is 1. The van der Waals surface area contributed by atoms with Crippen LogP contribution in [-0.2, 0) is 0 Å². The molecule has 5 heteroatoms. The van der Waals surface area contributed by atoms with Crippen LogP contribution in [0, 0.1) is 11.8 Å². The van der Waals surface area contributed by atoms with Crippen LogP contribution >= 0.6 is 27.5 Å². The van der Waals surface area contributed by atoms with Crippen LogP contribution in [0.4, 0.5) is 0 Å². The van der Waals surface area contributed by atoms with Crippen LogP contribution in [-0.4, -0.2) is 37.0 Å². The molecule has 19 heavy (non-hydrogen) atoms. The summed E-state index contributed by atoms with van der Waals surface area (Å²) < 4.78 is 0.775. The Bertz CT molecular complexity index is 508. The normalized spacial score (nSPS) is 26.3. The lowest BCUT2D eigenvalue weighted by atomic mass is 9.88. The van der Waals surface area contributed by atoms with E-state index in [4.69, 9.17) is 11.6 Å². The van der Waals surface area contributed by atoms with Crippen LogP contribution in [0.15, 0.2) is 22.7 Å². The summed E-state index contributed by atoms with van der Waals surface area (Å²) in [5.41, 5.74) is 0.703. The molecule has 3 nitrogen and oxygen atoms in total. The van der Waals surface area contributed by atoms with E-state index in [1.807, 2.05) is 4.90 Å². The highest BCUT2D eigenvalue weighted by Crippen LogP contribution is 2.29. The lowest BCUT2D eigenvalue weighted by Gasteiger charge is -2.34. The third-order valence-electron chi connectivity index (χ3n) is 4.15. The average Bonchev–Trinajstić information content (AvgIpc) is 2.85. The second-order valence-electron chi connectivity index (χ2n) is 5.34. The van der Waals surface area contributed by atoms with Gasteiger partial charge in [-0.1, -0.05) is 11.6 Å². The maximum atomic E-state index is 12.6. The van der Waals surface area contributed by atoms with Gasteiger partial charge in [0.05, 0.1) is 5.56 Å². The van der Waals surface area contributed by atoms with Gasteiger partial charge in [0.25, 0.3) is 5.91 Å². The van der Waals surface area contributed by atoms with Gasteiger partial charge in [0.1, 0.15) is 0 Å². The highest BCUT2D eigenvalue weighted by atomic mass is 79.9. The fraction of sp³-hybridized carbons (Fsp3) is 0.500. The zero-order valence-corrected chi connectivity index (χ0v) is 12.9. The van der Waals surface area contributed by atoms with Crippen LogP contribution in [0.25, 0.3) is 0 Å². The number of likely N-dealkylation sites (tertiary alicyclic amines) is 1. The average molecular weight is 344 g/mol. The van der Waals surface area contributed by atoms with Gasteiger partial charge in [-0.15, -0.1) is 0 Å². The number of hydrogen-bond acceptors (Lipinski definition) is 2. The van der Waals surface area contributed by atoms with Gasteiger partial charge in [-0.25, -0.2) is 0 Å². The molecule has 1 aromatic carbocycles. The summed E-state index contributed by atoms with van der Waals surface area (Å²) >= 11 is 9.34. The molecule has 2 saturated heterocycles. The van der Waals surface area contributed by atoms with Gasteiger partial charge in [-0.3, -0.25) is 4.79 Å². The van der Waals surface area contributed by atoms with E-state index < -0.39 is 0 Å². The second-order valence-corrected chi connectivity index (χ2v) is 6.63. The molecular formula is C14H16BrClN2O. The fourth-order valence-electron chi connectivity index (χ4n) is 3.05. The second kappa shape index (κ2) is 5.43. The summed E-state index contributed by atoms with van der Waals surface area (Å²) in [6, 6.07) is 5.34. The van der Waals surface area contributed by atoms with E-state index in [0.29, 0.717) is 16.5 Å². The molecule has 0 aromatic heterocycles. The number of piperidine rings is 1. The maximum Gasteiger partial charge on any atom is 0.255 e. The third kappa shape index (κ3) is 2.67. The molecule has 3 rings (SSSR count). The van der Waals surface area contributed by atoms with Crippen molar-refractivity contribution in [2.75, 3.05) is 26.2 Å². The molecule has 2 aliphatic heterocycles. The first-order valence-corrected chi connectivity index (χ1v) is 7.77. The monoisotopic (exact) mass is 342 g/mol. The van der Waals surface area contributed by atoms with Gasteiger partial charge in [0.15, 0.2) is 0 Å². The predicted molar refractivity (Wildman–Crippen MR) is 79.5 cm³/mol. The molecule has 0 spiro atoms. The van der Waals surface area contributed by atoms with Crippen molar-refractivity contribution in [1.82, 2.24) is 10.2 Å². The van der Waals surface area contributed by atoms with Crippen LogP contribution in [0.2, 0.25) is 5.02 Å². The Morgan fingerprint density at radius 2 is 2.16 bits per heavy atom. The number of nitrogens with zero attached hydrogens (tertiary/aromatic N) is 1. The molecular weight excluding hydrogens is 328 g/mol. The first-order chi connectivity index (χ1) is 9.15. The highest BCUT2D eigenvalue weighted by molar-refractivity contribution is 9.10. The van der Waals surface area contributed by atoms with Gasteiger partial charge >= 0.3 is 0 Å². The number of hydrogen-bond donors (Lipinski definition) is 1. The first kappa shape index (κ1) is 13.4. The Morgan fingerprint density at radius 1 is 1.37 bits per heavy atom. The molecule has 2 fully saturated rings.